The summed E-state index contributed by atoms with van der Waals surface area (Å²) in [6, 6.07) is 3.74. The maximum atomic E-state index is 11.8. The lowest BCUT2D eigenvalue weighted by molar-refractivity contribution is 0.394. The molecule has 7 heteroatoms. The first-order chi connectivity index (χ1) is 9.55. The topological polar surface area (TPSA) is 63.2 Å². The summed E-state index contributed by atoms with van der Waals surface area (Å²) >= 11 is 1.56. The monoisotopic (exact) mass is 309 g/mol. The van der Waals surface area contributed by atoms with Gasteiger partial charge in [0.05, 0.1) is 18.0 Å². The zero-order chi connectivity index (χ0) is 14.2. The van der Waals surface area contributed by atoms with Gasteiger partial charge in [-0.1, -0.05) is 0 Å². The van der Waals surface area contributed by atoms with Crippen molar-refractivity contribution in [3.63, 3.8) is 0 Å². The minimum atomic E-state index is -3.17. The van der Waals surface area contributed by atoms with Crippen molar-refractivity contribution in [2.24, 2.45) is 0 Å². The van der Waals surface area contributed by atoms with E-state index >= 15 is 0 Å². The molecule has 3 heterocycles. The van der Waals surface area contributed by atoms with Gasteiger partial charge in [-0.25, -0.2) is 13.4 Å². The second-order valence-corrected chi connectivity index (χ2v) is 7.67. The highest BCUT2D eigenvalue weighted by Crippen LogP contribution is 2.33. The number of hydrogen-bond acceptors (Lipinski definition) is 5. The summed E-state index contributed by atoms with van der Waals surface area (Å²) in [6.45, 7) is 0.583. The summed E-state index contributed by atoms with van der Waals surface area (Å²) < 4.78 is 25.1. The molecule has 20 heavy (non-hydrogen) atoms. The van der Waals surface area contributed by atoms with E-state index in [4.69, 9.17) is 0 Å². The molecule has 2 aromatic rings. The number of aromatic nitrogens is 2. The average Bonchev–Trinajstić information content (AvgIpc) is 3.10. The predicted molar refractivity (Wildman–Crippen MR) is 78.9 cm³/mol. The lowest BCUT2D eigenvalue weighted by atomic mass is 10.1. The number of rotatable bonds is 3. The minimum Gasteiger partial charge on any atom is -0.259 e. The predicted octanol–water partition coefficient (Wildman–Crippen LogP) is 2.30. The molecule has 1 atom stereocenters. The lowest BCUT2D eigenvalue weighted by Gasteiger charge is -2.21. The van der Waals surface area contributed by atoms with Gasteiger partial charge in [0.15, 0.2) is 0 Å². The fourth-order valence-electron chi connectivity index (χ4n) is 2.53. The molecule has 0 amide bonds. The van der Waals surface area contributed by atoms with Gasteiger partial charge in [-0.2, -0.15) is 4.31 Å². The number of thiazole rings is 1. The third kappa shape index (κ3) is 2.61. The molecule has 0 aromatic carbocycles. The highest BCUT2D eigenvalue weighted by Gasteiger charge is 2.33. The molecule has 2 aromatic heterocycles. The van der Waals surface area contributed by atoms with E-state index in [-0.39, 0.29) is 6.04 Å². The third-order valence-electron chi connectivity index (χ3n) is 3.44. The van der Waals surface area contributed by atoms with Gasteiger partial charge in [-0.05, 0) is 25.0 Å². The molecule has 0 bridgehead atoms. The molecule has 0 N–H and O–H groups in total. The second-order valence-electron chi connectivity index (χ2n) is 4.84. The van der Waals surface area contributed by atoms with E-state index in [1.54, 1.807) is 28.0 Å². The van der Waals surface area contributed by atoms with Gasteiger partial charge in [0, 0.05) is 29.9 Å². The molecule has 1 aliphatic rings. The molecule has 1 saturated heterocycles. The Morgan fingerprint density at radius 2 is 2.20 bits per heavy atom. The highest BCUT2D eigenvalue weighted by molar-refractivity contribution is 7.88. The SMILES string of the molecule is CS(=O)(=O)N1CCC[C@H]1c1ccc(-c2nccs2)cn1. The molecule has 0 aliphatic carbocycles. The number of pyridine rings is 1. The van der Waals surface area contributed by atoms with Crippen LogP contribution in [0.3, 0.4) is 0 Å². The normalized spacial score (nSPS) is 20.4. The number of sulfonamides is 1. The summed E-state index contributed by atoms with van der Waals surface area (Å²) in [5.41, 5.74) is 1.78. The van der Waals surface area contributed by atoms with Crippen molar-refractivity contribution in [1.82, 2.24) is 14.3 Å². The van der Waals surface area contributed by atoms with Crippen molar-refractivity contribution >= 4 is 21.4 Å². The maximum absolute atomic E-state index is 11.8. The van der Waals surface area contributed by atoms with Crippen molar-refractivity contribution in [2.75, 3.05) is 12.8 Å². The smallest absolute Gasteiger partial charge is 0.211 e. The van der Waals surface area contributed by atoms with Crippen molar-refractivity contribution < 1.29 is 8.42 Å². The largest absolute Gasteiger partial charge is 0.259 e. The zero-order valence-corrected chi connectivity index (χ0v) is 12.7. The Labute approximate surface area is 122 Å². The van der Waals surface area contributed by atoms with Crippen LogP contribution in [0, 0.1) is 0 Å². The van der Waals surface area contributed by atoms with Gasteiger partial charge in [-0.3, -0.25) is 4.98 Å². The lowest BCUT2D eigenvalue weighted by Crippen LogP contribution is -2.29. The van der Waals surface area contributed by atoms with Crippen LogP contribution in [-0.2, 0) is 10.0 Å². The van der Waals surface area contributed by atoms with Crippen molar-refractivity contribution in [3.05, 3.63) is 35.6 Å². The number of nitrogens with zero attached hydrogens (tertiary/aromatic N) is 3. The quantitative estimate of drug-likeness (QED) is 0.873. The van der Waals surface area contributed by atoms with Gasteiger partial charge in [-0.15, -0.1) is 11.3 Å². The Morgan fingerprint density at radius 1 is 1.35 bits per heavy atom. The van der Waals surface area contributed by atoms with Gasteiger partial charge in [0.2, 0.25) is 10.0 Å². The summed E-state index contributed by atoms with van der Waals surface area (Å²) in [6.07, 6.45) is 6.50. The van der Waals surface area contributed by atoms with Crippen molar-refractivity contribution in [3.8, 4) is 10.6 Å². The zero-order valence-electron chi connectivity index (χ0n) is 11.1. The van der Waals surface area contributed by atoms with E-state index in [0.29, 0.717) is 6.54 Å². The van der Waals surface area contributed by atoms with E-state index in [9.17, 15) is 8.42 Å². The van der Waals surface area contributed by atoms with Crippen LogP contribution in [0.15, 0.2) is 29.9 Å². The van der Waals surface area contributed by atoms with Gasteiger partial charge >= 0.3 is 0 Å². The molecule has 1 fully saturated rings. The molecule has 0 unspecified atom stereocenters. The first kappa shape index (κ1) is 13.7. The summed E-state index contributed by atoms with van der Waals surface area (Å²) in [4.78, 5) is 8.68. The molecular formula is C13H15N3O2S2. The third-order valence-corrected chi connectivity index (χ3v) is 5.55. The molecule has 3 rings (SSSR count). The summed E-state index contributed by atoms with van der Waals surface area (Å²) in [7, 11) is -3.17. The molecule has 0 spiro atoms. The van der Waals surface area contributed by atoms with E-state index in [0.717, 1.165) is 29.1 Å². The van der Waals surface area contributed by atoms with Crippen molar-refractivity contribution in [1.29, 1.82) is 0 Å². The Balaban J connectivity index is 1.88. The van der Waals surface area contributed by atoms with Gasteiger partial charge in [0.25, 0.3) is 0 Å². The van der Waals surface area contributed by atoms with Crippen molar-refractivity contribution in [2.45, 2.75) is 18.9 Å². The van der Waals surface area contributed by atoms with E-state index in [1.807, 2.05) is 17.5 Å². The Morgan fingerprint density at radius 3 is 2.80 bits per heavy atom. The van der Waals surface area contributed by atoms with Crippen LogP contribution in [0.2, 0.25) is 0 Å². The Bertz CT molecular complexity index is 681. The Hall–Kier alpha value is -1.31. The van der Waals surface area contributed by atoms with Gasteiger partial charge < -0.3 is 0 Å². The number of hydrogen-bond donors (Lipinski definition) is 0. The molecular weight excluding hydrogens is 294 g/mol. The first-order valence-electron chi connectivity index (χ1n) is 6.38. The van der Waals surface area contributed by atoms with Crippen LogP contribution in [0.25, 0.3) is 10.6 Å². The fraction of sp³-hybridized carbons (Fsp3) is 0.385. The standard InChI is InChI=1S/C13H15N3O2S2/c1-20(17,18)16-7-2-3-12(16)11-5-4-10(9-15-11)13-14-6-8-19-13/h4-6,8-9,12H,2-3,7H2,1H3/t12-/m0/s1. The highest BCUT2D eigenvalue weighted by atomic mass is 32.2. The molecule has 0 radical (unpaired) electrons. The second kappa shape index (κ2) is 5.23. The van der Waals surface area contributed by atoms with Crippen LogP contribution in [0.5, 0.6) is 0 Å². The molecule has 5 nitrogen and oxygen atoms in total. The fourth-order valence-corrected chi connectivity index (χ4v) is 4.29. The first-order valence-corrected chi connectivity index (χ1v) is 9.11. The summed E-state index contributed by atoms with van der Waals surface area (Å²) in [5.74, 6) is 0. The van der Waals surface area contributed by atoms with Crippen LogP contribution in [-0.4, -0.2) is 35.5 Å². The maximum Gasteiger partial charge on any atom is 0.211 e. The average molecular weight is 309 g/mol. The van der Waals surface area contributed by atoms with E-state index in [2.05, 4.69) is 9.97 Å². The molecule has 1 aliphatic heterocycles. The van der Waals surface area contributed by atoms with Crippen LogP contribution >= 0.6 is 11.3 Å². The van der Waals surface area contributed by atoms with Crippen LogP contribution in [0.4, 0.5) is 0 Å². The van der Waals surface area contributed by atoms with E-state index in [1.165, 1.54) is 6.26 Å². The molecule has 106 valence electrons. The van der Waals surface area contributed by atoms with Crippen LogP contribution in [0.1, 0.15) is 24.6 Å². The summed E-state index contributed by atoms with van der Waals surface area (Å²) in [5, 5.41) is 2.85. The van der Waals surface area contributed by atoms with Gasteiger partial charge in [0.1, 0.15) is 5.01 Å². The molecule has 0 saturated carbocycles. The van der Waals surface area contributed by atoms with Crippen LogP contribution < -0.4 is 0 Å². The Kier molecular flexibility index (Phi) is 3.57. The minimum absolute atomic E-state index is 0.129. The van der Waals surface area contributed by atoms with E-state index < -0.39 is 10.0 Å².